The summed E-state index contributed by atoms with van der Waals surface area (Å²) in [5, 5.41) is 5.94. The van der Waals surface area contributed by atoms with E-state index < -0.39 is 0 Å². The maximum Gasteiger partial charge on any atom is 0.274 e. The summed E-state index contributed by atoms with van der Waals surface area (Å²) < 4.78 is 4.98. The Morgan fingerprint density at radius 1 is 1.23 bits per heavy atom. The fourth-order valence-electron chi connectivity index (χ4n) is 1.97. The Hall–Kier alpha value is -2.47. The molecule has 0 aliphatic rings. The van der Waals surface area contributed by atoms with Crippen molar-refractivity contribution in [1.29, 1.82) is 0 Å². The van der Waals surface area contributed by atoms with Gasteiger partial charge in [0.15, 0.2) is 0 Å². The number of methoxy groups -OCH3 is 1. The van der Waals surface area contributed by atoms with Crippen LogP contribution in [0, 0.1) is 13.8 Å². The van der Waals surface area contributed by atoms with Crippen LogP contribution in [0.1, 0.15) is 21.9 Å². The lowest BCUT2D eigenvalue weighted by Crippen LogP contribution is -2.16. The summed E-state index contributed by atoms with van der Waals surface area (Å²) in [5.41, 5.74) is 2.16. The third-order valence-corrected chi connectivity index (χ3v) is 2.96. The molecule has 0 saturated heterocycles. The Labute approximate surface area is 129 Å². The number of anilines is 2. The van der Waals surface area contributed by atoms with E-state index >= 15 is 0 Å². The van der Waals surface area contributed by atoms with E-state index in [0.29, 0.717) is 30.5 Å². The topological polar surface area (TPSA) is 76.1 Å². The van der Waals surface area contributed by atoms with Gasteiger partial charge in [-0.25, -0.2) is 9.97 Å². The second-order valence-corrected chi connectivity index (χ2v) is 4.93. The van der Waals surface area contributed by atoms with Crippen LogP contribution in [0.4, 0.5) is 11.5 Å². The molecule has 1 heterocycles. The van der Waals surface area contributed by atoms with Crippen molar-refractivity contribution in [1.82, 2.24) is 9.97 Å². The van der Waals surface area contributed by atoms with Gasteiger partial charge in [0.05, 0.1) is 6.61 Å². The van der Waals surface area contributed by atoms with Crippen molar-refractivity contribution in [3.05, 3.63) is 47.4 Å². The normalized spacial score (nSPS) is 10.3. The maximum atomic E-state index is 12.3. The van der Waals surface area contributed by atoms with Gasteiger partial charge in [0.25, 0.3) is 5.91 Å². The summed E-state index contributed by atoms with van der Waals surface area (Å²) >= 11 is 0. The van der Waals surface area contributed by atoms with E-state index in [4.69, 9.17) is 4.74 Å². The molecule has 0 aliphatic carbocycles. The predicted octanol–water partition coefficient (Wildman–Crippen LogP) is 2.40. The van der Waals surface area contributed by atoms with Gasteiger partial charge in [0.1, 0.15) is 17.3 Å². The number of carbonyl (C=O) groups excluding carboxylic acids is 1. The van der Waals surface area contributed by atoms with Crippen molar-refractivity contribution in [2.75, 3.05) is 30.9 Å². The van der Waals surface area contributed by atoms with Crippen molar-refractivity contribution in [3.63, 3.8) is 0 Å². The number of hydrogen-bond donors (Lipinski definition) is 2. The van der Waals surface area contributed by atoms with Gasteiger partial charge in [-0.3, -0.25) is 4.79 Å². The zero-order valence-electron chi connectivity index (χ0n) is 13.0. The van der Waals surface area contributed by atoms with Crippen LogP contribution >= 0.6 is 0 Å². The van der Waals surface area contributed by atoms with Gasteiger partial charge in [0.2, 0.25) is 0 Å². The fourth-order valence-corrected chi connectivity index (χ4v) is 1.97. The number of aryl methyl sites for hydroxylation is 2. The highest BCUT2D eigenvalue weighted by Crippen LogP contribution is 2.12. The van der Waals surface area contributed by atoms with E-state index in [0.717, 1.165) is 11.3 Å². The lowest BCUT2D eigenvalue weighted by molar-refractivity contribution is 0.102. The minimum atomic E-state index is -0.258. The van der Waals surface area contributed by atoms with E-state index in [9.17, 15) is 4.79 Å². The van der Waals surface area contributed by atoms with Crippen molar-refractivity contribution < 1.29 is 9.53 Å². The molecule has 1 aromatic carbocycles. The minimum absolute atomic E-state index is 0.258. The smallest absolute Gasteiger partial charge is 0.274 e. The summed E-state index contributed by atoms with van der Waals surface area (Å²) in [6, 6.07) is 9.25. The van der Waals surface area contributed by atoms with Crippen molar-refractivity contribution in [3.8, 4) is 0 Å². The summed E-state index contributed by atoms with van der Waals surface area (Å²) in [6.45, 7) is 4.91. The van der Waals surface area contributed by atoms with E-state index in [1.54, 1.807) is 20.1 Å². The summed E-state index contributed by atoms with van der Waals surface area (Å²) in [4.78, 5) is 20.7. The molecule has 0 radical (unpaired) electrons. The molecule has 6 heteroatoms. The number of hydrogen-bond acceptors (Lipinski definition) is 5. The Morgan fingerprint density at radius 3 is 2.77 bits per heavy atom. The van der Waals surface area contributed by atoms with Gasteiger partial charge >= 0.3 is 0 Å². The van der Waals surface area contributed by atoms with E-state index in [1.165, 1.54) is 0 Å². The third kappa shape index (κ3) is 4.53. The fraction of sp³-hybridized carbons (Fsp3) is 0.312. The molecule has 22 heavy (non-hydrogen) atoms. The molecule has 0 unspecified atom stereocenters. The van der Waals surface area contributed by atoms with Crippen molar-refractivity contribution >= 4 is 17.4 Å². The first-order chi connectivity index (χ1) is 10.6. The molecule has 1 amide bonds. The average molecular weight is 300 g/mol. The predicted molar refractivity (Wildman–Crippen MR) is 86.3 cm³/mol. The number of rotatable bonds is 6. The first-order valence-electron chi connectivity index (χ1n) is 7.05. The van der Waals surface area contributed by atoms with Gasteiger partial charge in [-0.2, -0.15) is 0 Å². The van der Waals surface area contributed by atoms with E-state index in [-0.39, 0.29) is 5.91 Å². The zero-order valence-corrected chi connectivity index (χ0v) is 13.0. The number of ether oxygens (including phenoxy) is 1. The molecule has 2 aromatic rings. The summed E-state index contributed by atoms with van der Waals surface area (Å²) in [7, 11) is 1.63. The first-order valence-corrected chi connectivity index (χ1v) is 7.05. The molecule has 0 bridgehead atoms. The highest BCUT2D eigenvalue weighted by atomic mass is 16.5. The number of benzene rings is 1. The first kappa shape index (κ1) is 15.9. The molecule has 116 valence electrons. The number of amides is 1. The molecule has 2 rings (SSSR count). The van der Waals surface area contributed by atoms with E-state index in [1.807, 2.05) is 31.2 Å². The zero-order chi connectivity index (χ0) is 15.9. The van der Waals surface area contributed by atoms with Gasteiger partial charge in [0, 0.05) is 25.4 Å². The quantitative estimate of drug-likeness (QED) is 0.801. The third-order valence-electron chi connectivity index (χ3n) is 2.96. The van der Waals surface area contributed by atoms with Gasteiger partial charge in [-0.05, 0) is 31.5 Å². The van der Waals surface area contributed by atoms with Crippen molar-refractivity contribution in [2.45, 2.75) is 13.8 Å². The van der Waals surface area contributed by atoms with Crippen LogP contribution in [-0.4, -0.2) is 36.1 Å². The Balaban J connectivity index is 2.11. The molecular formula is C16H20N4O2. The average Bonchev–Trinajstić information content (AvgIpc) is 2.47. The number of aromatic nitrogens is 2. The second kappa shape index (κ2) is 7.51. The molecule has 6 nitrogen and oxygen atoms in total. The Bertz CT molecular complexity index is 658. The van der Waals surface area contributed by atoms with E-state index in [2.05, 4.69) is 20.6 Å². The molecule has 2 N–H and O–H groups in total. The lowest BCUT2D eigenvalue weighted by atomic mass is 10.2. The number of nitrogens with one attached hydrogen (secondary N) is 2. The SMILES string of the molecule is COCCNc1cc(C(=O)Nc2cccc(C)c2)nc(C)n1. The van der Waals surface area contributed by atoms with Gasteiger partial charge in [-0.1, -0.05) is 12.1 Å². The Morgan fingerprint density at radius 2 is 2.05 bits per heavy atom. The molecule has 0 saturated carbocycles. The van der Waals surface area contributed by atoms with Crippen molar-refractivity contribution in [2.24, 2.45) is 0 Å². The van der Waals surface area contributed by atoms with Crippen LogP contribution in [-0.2, 0) is 4.74 Å². The monoisotopic (exact) mass is 300 g/mol. The second-order valence-electron chi connectivity index (χ2n) is 4.93. The number of carbonyl (C=O) groups is 1. The molecule has 0 aliphatic heterocycles. The van der Waals surface area contributed by atoms with Gasteiger partial charge < -0.3 is 15.4 Å². The van der Waals surface area contributed by atoms with Crippen LogP contribution in [0.5, 0.6) is 0 Å². The summed E-state index contributed by atoms with van der Waals surface area (Å²) in [5.74, 6) is 0.890. The highest BCUT2D eigenvalue weighted by molar-refractivity contribution is 6.03. The maximum absolute atomic E-state index is 12.3. The minimum Gasteiger partial charge on any atom is -0.383 e. The Kier molecular flexibility index (Phi) is 5.43. The molecule has 0 atom stereocenters. The summed E-state index contributed by atoms with van der Waals surface area (Å²) in [6.07, 6.45) is 0. The lowest BCUT2D eigenvalue weighted by Gasteiger charge is -2.09. The number of nitrogens with zero attached hydrogens (tertiary/aromatic N) is 2. The van der Waals surface area contributed by atoms with Gasteiger partial charge in [-0.15, -0.1) is 0 Å². The van der Waals surface area contributed by atoms with Crippen LogP contribution in [0.3, 0.4) is 0 Å². The largest absolute Gasteiger partial charge is 0.383 e. The molecule has 1 aromatic heterocycles. The molecular weight excluding hydrogens is 280 g/mol. The van der Waals surface area contributed by atoms with Crippen LogP contribution in [0.25, 0.3) is 0 Å². The van der Waals surface area contributed by atoms with Crippen LogP contribution < -0.4 is 10.6 Å². The molecule has 0 spiro atoms. The van der Waals surface area contributed by atoms with Crippen LogP contribution in [0.2, 0.25) is 0 Å². The highest BCUT2D eigenvalue weighted by Gasteiger charge is 2.11. The van der Waals surface area contributed by atoms with Crippen LogP contribution in [0.15, 0.2) is 30.3 Å². The standard InChI is InChI=1S/C16H20N4O2/c1-11-5-4-6-13(9-11)20-16(21)14-10-15(17-7-8-22-3)19-12(2)18-14/h4-6,9-10H,7-8H2,1-3H3,(H,20,21)(H,17,18,19). The molecule has 0 fully saturated rings.